The van der Waals surface area contributed by atoms with Crippen LogP contribution >= 0.6 is 0 Å². The molecular weight excluding hydrogens is 213 g/mol. The summed E-state index contributed by atoms with van der Waals surface area (Å²) in [5.74, 6) is 0. The number of nitrogens with zero attached hydrogens (tertiary/aromatic N) is 1. The molecule has 4 heteroatoms. The molecule has 2 heterocycles. The van der Waals surface area contributed by atoms with Gasteiger partial charge in [0.05, 0.1) is 11.2 Å². The Morgan fingerprint density at radius 2 is 1.94 bits per heavy atom. The zero-order valence-electron chi connectivity index (χ0n) is 15.6. The molecule has 17 heavy (non-hydrogen) atoms. The number of aryl methyl sites for hydroxylation is 1. The molecule has 0 unspecified atom stereocenters. The molecule has 0 atom stereocenters. The van der Waals surface area contributed by atoms with Gasteiger partial charge >= 0.3 is 7.12 Å². The van der Waals surface area contributed by atoms with E-state index >= 15 is 0 Å². The molecule has 0 aliphatic carbocycles. The zero-order valence-corrected chi connectivity index (χ0v) is 10.6. The summed E-state index contributed by atoms with van der Waals surface area (Å²) < 4.78 is 49.4. The number of hydrogen-bond acceptors (Lipinski definition) is 3. The van der Waals surface area contributed by atoms with Crippen LogP contribution in [0.1, 0.15) is 47.0 Å². The molecule has 92 valence electrons. The van der Waals surface area contributed by atoms with E-state index in [1.54, 1.807) is 0 Å². The van der Waals surface area contributed by atoms with E-state index < -0.39 is 31.5 Å². The van der Waals surface area contributed by atoms with Crippen molar-refractivity contribution in [2.75, 3.05) is 0 Å². The van der Waals surface area contributed by atoms with Crippen LogP contribution in [0.15, 0.2) is 18.5 Å². The second-order valence-corrected chi connectivity index (χ2v) is 5.22. The van der Waals surface area contributed by atoms with Crippen LogP contribution in [0.4, 0.5) is 0 Å². The molecule has 0 N–H and O–H groups in total. The highest BCUT2D eigenvalue weighted by molar-refractivity contribution is 6.62. The normalized spacial score (nSPS) is 27.8. The lowest BCUT2D eigenvalue weighted by molar-refractivity contribution is 0.00578. The van der Waals surface area contributed by atoms with Crippen LogP contribution < -0.4 is 5.46 Å². The maximum absolute atomic E-state index is 7.82. The van der Waals surface area contributed by atoms with Crippen LogP contribution in [-0.4, -0.2) is 23.3 Å². The van der Waals surface area contributed by atoms with Crippen molar-refractivity contribution in [3.63, 3.8) is 0 Å². The molecule has 1 saturated heterocycles. The van der Waals surface area contributed by atoms with Gasteiger partial charge in [0.15, 0.2) is 0 Å². The van der Waals surface area contributed by atoms with Crippen molar-refractivity contribution in [1.29, 1.82) is 0 Å². The minimum Gasteiger partial charge on any atom is -0.399 e. The quantitative estimate of drug-likeness (QED) is 0.738. The summed E-state index contributed by atoms with van der Waals surface area (Å²) in [6, 6.07) is 1.45. The van der Waals surface area contributed by atoms with Crippen LogP contribution in [0, 0.1) is 0 Å². The molecule has 1 aliphatic heterocycles. The Hall–Kier alpha value is -0.865. The van der Waals surface area contributed by atoms with Crippen LogP contribution in [0.2, 0.25) is 0 Å². The zero-order chi connectivity index (χ0) is 17.0. The second-order valence-electron chi connectivity index (χ2n) is 5.22. The fourth-order valence-electron chi connectivity index (χ4n) is 1.63. The van der Waals surface area contributed by atoms with Gasteiger partial charge in [-0.15, -0.1) is 0 Å². The molecule has 1 aliphatic rings. The van der Waals surface area contributed by atoms with E-state index in [-0.39, 0.29) is 5.56 Å². The van der Waals surface area contributed by atoms with E-state index in [2.05, 4.69) is 4.98 Å². The van der Waals surface area contributed by atoms with E-state index in [0.29, 0.717) is 5.46 Å². The van der Waals surface area contributed by atoms with Gasteiger partial charge in [0.1, 0.15) is 0 Å². The highest BCUT2D eigenvalue weighted by Crippen LogP contribution is 2.36. The standard InChI is InChI=1S/C13H20BNO2/c1-6-10-7-11(9-15-8-10)14-16-12(2,3)13(4,5)17-14/h7-9H,6H2,1-5H3/i1D3,6D2. The van der Waals surface area contributed by atoms with E-state index in [0.717, 1.165) is 0 Å². The molecule has 0 aromatic carbocycles. The highest BCUT2D eigenvalue weighted by Gasteiger charge is 2.51. The minimum atomic E-state index is -2.77. The topological polar surface area (TPSA) is 31.4 Å². The third-order valence-corrected chi connectivity index (χ3v) is 3.43. The van der Waals surface area contributed by atoms with Crippen molar-refractivity contribution >= 4 is 12.6 Å². The van der Waals surface area contributed by atoms with Crippen molar-refractivity contribution in [2.24, 2.45) is 0 Å². The Balaban J connectivity index is 2.35. The first-order chi connectivity index (χ1) is 9.78. The van der Waals surface area contributed by atoms with Crippen molar-refractivity contribution < 1.29 is 16.2 Å². The summed E-state index contributed by atoms with van der Waals surface area (Å²) >= 11 is 0. The number of pyridine rings is 1. The lowest BCUT2D eigenvalue weighted by atomic mass is 9.79. The lowest BCUT2D eigenvalue weighted by Crippen LogP contribution is -2.41. The summed E-state index contributed by atoms with van der Waals surface area (Å²) in [6.45, 7) is 4.86. The largest absolute Gasteiger partial charge is 0.496 e. The van der Waals surface area contributed by atoms with Gasteiger partial charge in [-0.25, -0.2) is 0 Å². The van der Waals surface area contributed by atoms with Crippen LogP contribution in [-0.2, 0) is 15.7 Å². The van der Waals surface area contributed by atoms with Crippen LogP contribution in [0.5, 0.6) is 0 Å². The predicted octanol–water partition coefficient (Wildman–Crippen LogP) is 1.94. The van der Waals surface area contributed by atoms with Crippen molar-refractivity contribution in [2.45, 2.75) is 52.1 Å². The van der Waals surface area contributed by atoms with E-state index in [1.165, 1.54) is 18.5 Å². The Morgan fingerprint density at radius 3 is 2.53 bits per heavy atom. The van der Waals surface area contributed by atoms with E-state index in [9.17, 15) is 0 Å². The SMILES string of the molecule is [2H]C([2H])([2H])C([2H])([2H])c1cncc(B2OC(C)(C)C(C)(C)O2)c1. The van der Waals surface area contributed by atoms with Gasteiger partial charge in [-0.1, -0.05) is 12.9 Å². The smallest absolute Gasteiger partial charge is 0.399 e. The predicted molar refractivity (Wildman–Crippen MR) is 69.3 cm³/mol. The van der Waals surface area contributed by atoms with Gasteiger partial charge in [-0.3, -0.25) is 4.98 Å². The van der Waals surface area contributed by atoms with Crippen molar-refractivity contribution in [3.8, 4) is 0 Å². The first-order valence-corrected chi connectivity index (χ1v) is 5.59. The monoisotopic (exact) mass is 238 g/mol. The molecule has 0 bridgehead atoms. The van der Waals surface area contributed by atoms with Crippen LogP contribution in [0.3, 0.4) is 0 Å². The third-order valence-electron chi connectivity index (χ3n) is 3.43. The summed E-state index contributed by atoms with van der Waals surface area (Å²) in [6.07, 6.45) is 0.238. The number of rotatable bonds is 2. The lowest BCUT2D eigenvalue weighted by Gasteiger charge is -2.32. The Kier molecular flexibility index (Phi) is 1.82. The molecule has 3 nitrogen and oxygen atoms in total. The Morgan fingerprint density at radius 1 is 1.29 bits per heavy atom. The van der Waals surface area contributed by atoms with E-state index in [4.69, 9.17) is 16.2 Å². The summed E-state index contributed by atoms with van der Waals surface area (Å²) in [5.41, 5.74) is -0.572. The molecule has 1 fully saturated rings. The number of aromatic nitrogens is 1. The average Bonchev–Trinajstić information content (AvgIpc) is 2.57. The van der Waals surface area contributed by atoms with E-state index in [1.807, 2.05) is 27.7 Å². The van der Waals surface area contributed by atoms with Crippen molar-refractivity contribution in [1.82, 2.24) is 4.98 Å². The maximum Gasteiger partial charge on any atom is 0.496 e. The summed E-state index contributed by atoms with van der Waals surface area (Å²) in [5, 5.41) is 0. The molecule has 0 radical (unpaired) electrons. The maximum atomic E-state index is 7.82. The fraction of sp³-hybridized carbons (Fsp3) is 0.615. The van der Waals surface area contributed by atoms with Gasteiger partial charge in [0.25, 0.3) is 0 Å². The highest BCUT2D eigenvalue weighted by atomic mass is 16.7. The molecule has 0 saturated carbocycles. The van der Waals surface area contributed by atoms with Crippen molar-refractivity contribution in [3.05, 3.63) is 24.0 Å². The molecule has 0 amide bonds. The number of hydrogen-bond donors (Lipinski definition) is 0. The van der Waals surface area contributed by atoms with Crippen LogP contribution in [0.25, 0.3) is 0 Å². The Labute approximate surface area is 111 Å². The first kappa shape index (κ1) is 7.54. The molecule has 2 rings (SSSR count). The van der Waals surface area contributed by atoms with Gasteiger partial charge in [-0.2, -0.15) is 0 Å². The molecule has 1 aromatic rings. The average molecular weight is 238 g/mol. The third kappa shape index (κ3) is 2.24. The van der Waals surface area contributed by atoms with Gasteiger partial charge in [-0.05, 0) is 39.6 Å². The minimum absolute atomic E-state index is 0.0142. The first-order valence-electron chi connectivity index (χ1n) is 8.09. The van der Waals surface area contributed by atoms with Gasteiger partial charge in [0.2, 0.25) is 0 Å². The molecular formula is C13H20BNO2. The summed E-state index contributed by atoms with van der Waals surface area (Å²) in [4.78, 5) is 3.95. The fourth-order valence-corrected chi connectivity index (χ4v) is 1.63. The van der Waals surface area contributed by atoms with Gasteiger partial charge in [0, 0.05) is 24.7 Å². The molecule has 0 spiro atoms. The summed E-state index contributed by atoms with van der Waals surface area (Å²) in [7, 11) is -0.704. The van der Waals surface area contributed by atoms with Gasteiger partial charge < -0.3 is 9.31 Å². The second kappa shape index (κ2) is 4.11. The Bertz CT molecular complexity index is 558. The molecule has 1 aromatic heterocycles.